The first-order valence-corrected chi connectivity index (χ1v) is 14.7. The number of para-hydroxylation sites is 2. The minimum Gasteiger partial charge on any atom is -0.309 e. The van der Waals surface area contributed by atoms with Gasteiger partial charge in [-0.3, -0.25) is 4.79 Å². The predicted octanol–water partition coefficient (Wildman–Crippen LogP) is 7.78. The second-order valence-electron chi connectivity index (χ2n) is 9.29. The number of carbonyl (C=O) groups excluding carboxylic acids is 1. The van der Waals surface area contributed by atoms with Crippen LogP contribution in [0.2, 0.25) is 0 Å². The standard InChI is InChI=1S/C32H24F2N4OS2/c33-31(34)40-24-17-15-21(16-18-24)19-28-30(39)36-32(41-28)37-35-20-26-25-13-7-8-14-27(25)38(23-11-5-2-6-12-23)29(26)22-9-3-1-4-10-22/h1-18,20,28,31H,19H2,(H,36,37,39)/b35-20-/t28-/m1/s1. The Labute approximate surface area is 244 Å². The molecule has 6 rings (SSSR count). The van der Waals surface area contributed by atoms with Crippen LogP contribution >= 0.6 is 23.5 Å². The molecule has 2 heterocycles. The van der Waals surface area contributed by atoms with Crippen molar-refractivity contribution in [2.75, 3.05) is 0 Å². The van der Waals surface area contributed by atoms with Gasteiger partial charge in [0.05, 0.1) is 22.7 Å². The van der Waals surface area contributed by atoms with Crippen LogP contribution in [0.15, 0.2) is 124 Å². The molecule has 1 aliphatic rings. The maximum atomic E-state index is 12.6. The van der Waals surface area contributed by atoms with E-state index in [4.69, 9.17) is 0 Å². The summed E-state index contributed by atoms with van der Waals surface area (Å²) in [5.74, 6) is -2.62. The number of nitrogens with one attached hydrogen (secondary N) is 1. The molecule has 5 aromatic rings. The third-order valence-corrected chi connectivity index (χ3v) is 8.45. The van der Waals surface area contributed by atoms with E-state index in [9.17, 15) is 13.6 Å². The molecule has 9 heteroatoms. The van der Waals surface area contributed by atoms with Crippen LogP contribution in [0.5, 0.6) is 0 Å². The summed E-state index contributed by atoms with van der Waals surface area (Å²) in [5.41, 5.74) is 5.94. The van der Waals surface area contributed by atoms with Gasteiger partial charge < -0.3 is 9.88 Å². The van der Waals surface area contributed by atoms with Gasteiger partial charge in [0.2, 0.25) is 5.91 Å². The lowest BCUT2D eigenvalue weighted by Crippen LogP contribution is -2.25. The number of nitrogens with zero attached hydrogens (tertiary/aromatic N) is 3. The predicted molar refractivity (Wildman–Crippen MR) is 165 cm³/mol. The number of halogens is 2. The van der Waals surface area contributed by atoms with E-state index in [0.29, 0.717) is 28.2 Å². The van der Waals surface area contributed by atoms with Crippen LogP contribution in [0.1, 0.15) is 11.1 Å². The Kier molecular flexibility index (Phi) is 7.98. The van der Waals surface area contributed by atoms with Crippen LogP contribution in [0.25, 0.3) is 27.8 Å². The van der Waals surface area contributed by atoms with Crippen molar-refractivity contribution in [3.05, 3.63) is 120 Å². The Morgan fingerprint density at radius 1 is 0.902 bits per heavy atom. The van der Waals surface area contributed by atoms with Crippen molar-refractivity contribution >= 4 is 51.7 Å². The van der Waals surface area contributed by atoms with Crippen LogP contribution in [0, 0.1) is 0 Å². The van der Waals surface area contributed by atoms with Crippen molar-refractivity contribution in [1.29, 1.82) is 0 Å². The highest BCUT2D eigenvalue weighted by Crippen LogP contribution is 2.35. The Bertz CT molecular complexity index is 1740. The Hall–Kier alpha value is -4.21. The van der Waals surface area contributed by atoms with Gasteiger partial charge in [0.25, 0.3) is 5.76 Å². The second-order valence-corrected chi connectivity index (χ2v) is 11.5. The molecule has 1 aliphatic heterocycles. The molecule has 41 heavy (non-hydrogen) atoms. The van der Waals surface area contributed by atoms with Crippen LogP contribution in [0.4, 0.5) is 8.78 Å². The number of hydrogen-bond donors (Lipinski definition) is 1. The van der Waals surface area contributed by atoms with Gasteiger partial charge in [-0.05, 0) is 47.9 Å². The number of alkyl halides is 2. The lowest BCUT2D eigenvalue weighted by Gasteiger charge is -2.12. The zero-order valence-corrected chi connectivity index (χ0v) is 23.3. The molecule has 1 atom stereocenters. The Balaban J connectivity index is 1.29. The molecule has 1 amide bonds. The summed E-state index contributed by atoms with van der Waals surface area (Å²) in [6, 6.07) is 35.4. The second kappa shape index (κ2) is 12.1. The Morgan fingerprint density at radius 2 is 1.59 bits per heavy atom. The third-order valence-electron chi connectivity index (χ3n) is 6.66. The van der Waals surface area contributed by atoms with Gasteiger partial charge in [-0.1, -0.05) is 102 Å². The van der Waals surface area contributed by atoms with E-state index in [1.165, 1.54) is 11.8 Å². The zero-order chi connectivity index (χ0) is 28.2. The fourth-order valence-corrected chi connectivity index (χ4v) is 6.33. The van der Waals surface area contributed by atoms with Crippen molar-refractivity contribution in [3.8, 4) is 16.9 Å². The van der Waals surface area contributed by atoms with E-state index in [2.05, 4.69) is 56.5 Å². The van der Waals surface area contributed by atoms with Crippen molar-refractivity contribution in [2.24, 2.45) is 10.2 Å². The molecule has 0 spiro atoms. The third kappa shape index (κ3) is 5.96. The summed E-state index contributed by atoms with van der Waals surface area (Å²) in [6.45, 7) is 0. The molecular formula is C32H24F2N4OS2. The van der Waals surface area contributed by atoms with Gasteiger partial charge in [-0.25, -0.2) is 0 Å². The number of benzene rings is 4. The average Bonchev–Trinajstić information content (AvgIpc) is 3.51. The van der Waals surface area contributed by atoms with Crippen LogP contribution in [-0.4, -0.2) is 32.9 Å². The summed E-state index contributed by atoms with van der Waals surface area (Å²) in [5, 5.41) is 12.7. The van der Waals surface area contributed by atoms with Crippen LogP contribution in [0.3, 0.4) is 0 Å². The smallest absolute Gasteiger partial charge is 0.288 e. The molecule has 1 fully saturated rings. The number of amidine groups is 1. The number of rotatable bonds is 8. The highest BCUT2D eigenvalue weighted by Gasteiger charge is 2.30. The fraction of sp³-hybridized carbons (Fsp3) is 0.0938. The van der Waals surface area contributed by atoms with Gasteiger partial charge in [0.1, 0.15) is 0 Å². The van der Waals surface area contributed by atoms with Crippen LogP contribution in [-0.2, 0) is 11.2 Å². The number of hydrogen-bond acceptors (Lipinski definition) is 5. The molecule has 1 N–H and O–H groups in total. The van der Waals surface area contributed by atoms with Crippen molar-refractivity contribution in [2.45, 2.75) is 22.3 Å². The van der Waals surface area contributed by atoms with E-state index in [-0.39, 0.29) is 11.2 Å². The van der Waals surface area contributed by atoms with Gasteiger partial charge in [0, 0.05) is 21.5 Å². The summed E-state index contributed by atoms with van der Waals surface area (Å²) in [6.07, 6.45) is 2.21. The quantitative estimate of drug-likeness (QED) is 0.116. The SMILES string of the molecule is O=C1N/C(=N/N=C\c2c(-c3ccccc3)n(-c3ccccc3)c3ccccc23)S[C@@H]1Cc1ccc(SC(F)F)cc1. The summed E-state index contributed by atoms with van der Waals surface area (Å²) in [4.78, 5) is 13.1. The van der Waals surface area contributed by atoms with Gasteiger partial charge in [-0.2, -0.15) is 13.9 Å². The molecule has 204 valence electrons. The van der Waals surface area contributed by atoms with Gasteiger partial charge >= 0.3 is 0 Å². The van der Waals surface area contributed by atoms with Crippen molar-refractivity contribution in [3.63, 3.8) is 0 Å². The fourth-order valence-electron chi connectivity index (χ4n) is 4.87. The number of amides is 1. The summed E-state index contributed by atoms with van der Waals surface area (Å²) >= 11 is 1.82. The number of fused-ring (bicyclic) bond motifs is 1. The lowest BCUT2D eigenvalue weighted by atomic mass is 10.1. The molecule has 1 aromatic heterocycles. The molecular weight excluding hydrogens is 559 g/mol. The normalized spacial score (nSPS) is 16.3. The minimum absolute atomic E-state index is 0.152. The van der Waals surface area contributed by atoms with Crippen LogP contribution < -0.4 is 5.32 Å². The highest BCUT2D eigenvalue weighted by atomic mass is 32.2. The first-order chi connectivity index (χ1) is 20.1. The molecule has 0 unspecified atom stereocenters. The largest absolute Gasteiger partial charge is 0.309 e. The van der Waals surface area contributed by atoms with E-state index >= 15 is 0 Å². The number of carbonyl (C=O) groups is 1. The molecule has 5 nitrogen and oxygen atoms in total. The monoisotopic (exact) mass is 582 g/mol. The van der Waals surface area contributed by atoms with E-state index in [1.54, 1.807) is 30.5 Å². The average molecular weight is 583 g/mol. The molecule has 0 aliphatic carbocycles. The minimum atomic E-state index is -2.46. The first kappa shape index (κ1) is 27.0. The topological polar surface area (TPSA) is 58.8 Å². The highest BCUT2D eigenvalue weighted by molar-refractivity contribution is 8.15. The Morgan fingerprint density at radius 3 is 2.32 bits per heavy atom. The van der Waals surface area contributed by atoms with Crippen molar-refractivity contribution in [1.82, 2.24) is 9.88 Å². The van der Waals surface area contributed by atoms with E-state index < -0.39 is 5.76 Å². The maximum absolute atomic E-state index is 12.6. The maximum Gasteiger partial charge on any atom is 0.288 e. The van der Waals surface area contributed by atoms with Gasteiger partial charge in [0.15, 0.2) is 5.17 Å². The molecule has 0 saturated carbocycles. The molecule has 0 bridgehead atoms. The van der Waals surface area contributed by atoms with E-state index in [0.717, 1.165) is 39.0 Å². The van der Waals surface area contributed by atoms with E-state index in [1.807, 2.05) is 48.5 Å². The summed E-state index contributed by atoms with van der Waals surface area (Å²) < 4.78 is 27.4. The van der Waals surface area contributed by atoms with Crippen molar-refractivity contribution < 1.29 is 13.6 Å². The molecule has 1 saturated heterocycles. The zero-order valence-electron chi connectivity index (χ0n) is 21.7. The lowest BCUT2D eigenvalue weighted by molar-refractivity contribution is -0.118. The number of aromatic nitrogens is 1. The molecule has 4 aromatic carbocycles. The first-order valence-electron chi connectivity index (χ1n) is 12.9. The summed E-state index contributed by atoms with van der Waals surface area (Å²) in [7, 11) is 0. The van der Waals surface area contributed by atoms with Gasteiger partial charge in [-0.15, -0.1) is 5.10 Å². The number of thioether (sulfide) groups is 2. The molecule has 0 radical (unpaired) electrons.